The number of nitrogens with zero attached hydrogens (tertiary/aromatic N) is 1. The maximum atomic E-state index is 12.8. The van der Waals surface area contributed by atoms with Crippen molar-refractivity contribution >= 4 is 11.6 Å². The van der Waals surface area contributed by atoms with Gasteiger partial charge in [-0.3, -0.25) is 4.79 Å². The fourth-order valence-corrected chi connectivity index (χ4v) is 4.91. The fourth-order valence-electron chi connectivity index (χ4n) is 4.91. The molecule has 0 radical (unpaired) electrons. The summed E-state index contributed by atoms with van der Waals surface area (Å²) in [4.78, 5) is 15.0. The van der Waals surface area contributed by atoms with Crippen LogP contribution in [0.15, 0.2) is 18.2 Å². The average molecular weight is 373 g/mol. The van der Waals surface area contributed by atoms with Crippen molar-refractivity contribution in [3.63, 3.8) is 0 Å². The topological polar surface area (TPSA) is 52.6 Å². The number of anilines is 1. The van der Waals surface area contributed by atoms with E-state index in [4.69, 9.17) is 0 Å². The highest BCUT2D eigenvalue weighted by Gasteiger charge is 2.32. The highest BCUT2D eigenvalue weighted by molar-refractivity contribution is 5.86. The van der Waals surface area contributed by atoms with Crippen molar-refractivity contribution in [2.24, 2.45) is 5.92 Å². The molecule has 2 aliphatic rings. The minimum Gasteiger partial charge on any atom is -0.394 e. The Labute approximate surface area is 164 Å². The van der Waals surface area contributed by atoms with Gasteiger partial charge in [-0.05, 0) is 48.3 Å². The van der Waals surface area contributed by atoms with E-state index in [1.807, 2.05) is 7.05 Å². The monoisotopic (exact) mass is 372 g/mol. The molecule has 27 heavy (non-hydrogen) atoms. The van der Waals surface area contributed by atoms with E-state index in [9.17, 15) is 9.90 Å². The van der Waals surface area contributed by atoms with Crippen LogP contribution in [0.3, 0.4) is 0 Å². The lowest BCUT2D eigenvalue weighted by atomic mass is 9.84. The van der Waals surface area contributed by atoms with E-state index in [0.29, 0.717) is 12.3 Å². The van der Waals surface area contributed by atoms with Gasteiger partial charge in [-0.2, -0.15) is 0 Å². The number of carbonyl (C=O) groups is 1. The first-order valence-electron chi connectivity index (χ1n) is 10.8. The van der Waals surface area contributed by atoms with Crippen LogP contribution in [0.25, 0.3) is 0 Å². The van der Waals surface area contributed by atoms with Gasteiger partial charge < -0.3 is 15.3 Å². The maximum absolute atomic E-state index is 12.8. The fraction of sp³-hybridized carbons (Fsp3) is 0.696. The van der Waals surface area contributed by atoms with Gasteiger partial charge in [-0.1, -0.05) is 58.1 Å². The van der Waals surface area contributed by atoms with Crippen molar-refractivity contribution in [2.45, 2.75) is 83.2 Å². The lowest BCUT2D eigenvalue weighted by Gasteiger charge is -2.37. The van der Waals surface area contributed by atoms with Crippen molar-refractivity contribution < 1.29 is 9.90 Å². The normalized spacial score (nSPS) is 25.2. The molecule has 0 spiro atoms. The second-order valence-corrected chi connectivity index (χ2v) is 8.82. The first kappa shape index (κ1) is 20.2. The van der Waals surface area contributed by atoms with Gasteiger partial charge in [0.05, 0.1) is 12.6 Å². The Balaban J connectivity index is 1.96. The summed E-state index contributed by atoms with van der Waals surface area (Å²) in [5, 5.41) is 12.8. The quantitative estimate of drug-likeness (QED) is 0.843. The van der Waals surface area contributed by atoms with Crippen LogP contribution < -0.4 is 10.2 Å². The zero-order valence-electron chi connectivity index (χ0n) is 17.2. The minimum absolute atomic E-state index is 0.0218. The molecule has 4 nitrogen and oxygen atoms in total. The number of nitrogens with one attached hydrogen (secondary N) is 1. The van der Waals surface area contributed by atoms with Crippen LogP contribution in [0.1, 0.15) is 75.8 Å². The van der Waals surface area contributed by atoms with E-state index in [0.717, 1.165) is 0 Å². The Hall–Kier alpha value is -1.55. The van der Waals surface area contributed by atoms with Gasteiger partial charge >= 0.3 is 0 Å². The van der Waals surface area contributed by atoms with Gasteiger partial charge in [0.25, 0.3) is 0 Å². The molecule has 0 saturated heterocycles. The third-order valence-corrected chi connectivity index (χ3v) is 6.42. The van der Waals surface area contributed by atoms with E-state index in [-0.39, 0.29) is 30.5 Å². The molecule has 2 atom stereocenters. The number of aliphatic hydroxyl groups is 1. The second kappa shape index (κ2) is 9.09. The predicted molar refractivity (Wildman–Crippen MR) is 111 cm³/mol. The Morgan fingerprint density at radius 1 is 1.15 bits per heavy atom. The molecule has 1 aromatic rings. The molecule has 4 heteroatoms. The molecule has 0 bridgehead atoms. The van der Waals surface area contributed by atoms with Crippen molar-refractivity contribution in [1.82, 2.24) is 5.32 Å². The van der Waals surface area contributed by atoms with Crippen LogP contribution in [0.4, 0.5) is 5.69 Å². The number of hydrogen-bond acceptors (Lipinski definition) is 3. The number of likely N-dealkylation sites (N-methyl/N-ethyl adjacent to an activating group) is 1. The van der Waals surface area contributed by atoms with E-state index in [2.05, 4.69) is 42.3 Å². The lowest BCUT2D eigenvalue weighted by molar-refractivity contribution is -0.124. The number of carbonyl (C=O) groups excluding carboxylic acids is 1. The number of aliphatic hydroxyl groups excluding tert-OH is 1. The molecule has 0 unspecified atom stereocenters. The average Bonchev–Trinajstić information content (AvgIpc) is 2.60. The Bertz CT molecular complexity index is 635. The van der Waals surface area contributed by atoms with Crippen LogP contribution in [0.5, 0.6) is 0 Å². The SMILES string of the molecule is CC(C)[C@H]1C(=O)N[C@H](CO)Cc2ccc(C3CCCCCCC3)cc2N1C. The van der Waals surface area contributed by atoms with Crippen LogP contribution in [-0.2, 0) is 11.2 Å². The van der Waals surface area contributed by atoms with Gasteiger partial charge in [0.1, 0.15) is 6.04 Å². The standard InChI is InChI=1S/C23H36N2O2/c1-16(2)22-23(27)24-20(15-26)13-19-12-11-18(14-21(19)25(22)3)17-9-7-5-4-6-8-10-17/h11-12,14,16-17,20,22,26H,4-10,13,15H2,1-3H3,(H,24,27)/t20-,22-/m0/s1. The largest absolute Gasteiger partial charge is 0.394 e. The molecule has 1 fully saturated rings. The summed E-state index contributed by atoms with van der Waals surface area (Å²) < 4.78 is 0. The van der Waals surface area contributed by atoms with Crippen molar-refractivity contribution in [3.05, 3.63) is 29.3 Å². The summed E-state index contributed by atoms with van der Waals surface area (Å²) in [6, 6.07) is 6.44. The van der Waals surface area contributed by atoms with E-state index in [1.54, 1.807) is 0 Å². The van der Waals surface area contributed by atoms with E-state index < -0.39 is 0 Å². The molecular formula is C23H36N2O2. The van der Waals surface area contributed by atoms with Crippen LogP contribution in [-0.4, -0.2) is 36.8 Å². The second-order valence-electron chi connectivity index (χ2n) is 8.82. The third kappa shape index (κ3) is 4.66. The Morgan fingerprint density at radius 3 is 2.44 bits per heavy atom. The molecule has 1 aliphatic carbocycles. The van der Waals surface area contributed by atoms with Gasteiger partial charge in [-0.15, -0.1) is 0 Å². The summed E-state index contributed by atoms with van der Waals surface area (Å²) in [6.07, 6.45) is 9.96. The van der Waals surface area contributed by atoms with Gasteiger partial charge in [-0.25, -0.2) is 0 Å². The Kier molecular flexibility index (Phi) is 6.80. The summed E-state index contributed by atoms with van der Waals surface area (Å²) in [5.74, 6) is 0.855. The first-order chi connectivity index (χ1) is 13.0. The van der Waals surface area contributed by atoms with E-state index in [1.165, 1.54) is 61.8 Å². The molecule has 1 aliphatic heterocycles. The number of amides is 1. The molecule has 2 N–H and O–H groups in total. The Morgan fingerprint density at radius 2 is 1.81 bits per heavy atom. The van der Waals surface area contributed by atoms with Gasteiger partial charge in [0.15, 0.2) is 0 Å². The number of fused-ring (bicyclic) bond motifs is 1. The maximum Gasteiger partial charge on any atom is 0.243 e. The lowest BCUT2D eigenvalue weighted by Crippen LogP contribution is -2.54. The summed E-state index contributed by atoms with van der Waals surface area (Å²) in [7, 11) is 2.05. The van der Waals surface area contributed by atoms with Crippen LogP contribution >= 0.6 is 0 Å². The zero-order chi connectivity index (χ0) is 19.4. The highest BCUT2D eigenvalue weighted by Crippen LogP contribution is 2.35. The number of benzene rings is 1. The molecule has 150 valence electrons. The molecule has 1 aromatic carbocycles. The summed E-state index contributed by atoms with van der Waals surface area (Å²) in [5.41, 5.74) is 3.81. The van der Waals surface area contributed by atoms with Crippen molar-refractivity contribution in [3.8, 4) is 0 Å². The smallest absolute Gasteiger partial charge is 0.243 e. The third-order valence-electron chi connectivity index (χ3n) is 6.42. The van der Waals surface area contributed by atoms with E-state index >= 15 is 0 Å². The molecular weight excluding hydrogens is 336 g/mol. The summed E-state index contributed by atoms with van der Waals surface area (Å²) in [6.45, 7) is 4.16. The number of rotatable bonds is 3. The molecule has 1 amide bonds. The number of hydrogen-bond donors (Lipinski definition) is 2. The summed E-state index contributed by atoms with van der Waals surface area (Å²) >= 11 is 0. The van der Waals surface area contributed by atoms with Gasteiger partial charge in [0.2, 0.25) is 5.91 Å². The zero-order valence-corrected chi connectivity index (χ0v) is 17.2. The van der Waals surface area contributed by atoms with Crippen LogP contribution in [0.2, 0.25) is 0 Å². The van der Waals surface area contributed by atoms with Gasteiger partial charge in [0, 0.05) is 12.7 Å². The molecule has 3 rings (SSSR count). The van der Waals surface area contributed by atoms with Crippen LogP contribution in [0, 0.1) is 5.92 Å². The highest BCUT2D eigenvalue weighted by atomic mass is 16.3. The molecule has 0 aromatic heterocycles. The molecule has 1 heterocycles. The van der Waals surface area contributed by atoms with Crippen molar-refractivity contribution in [2.75, 3.05) is 18.6 Å². The first-order valence-corrected chi connectivity index (χ1v) is 10.8. The molecule has 1 saturated carbocycles. The van der Waals surface area contributed by atoms with Crippen molar-refractivity contribution in [1.29, 1.82) is 0 Å². The minimum atomic E-state index is -0.217. The predicted octanol–water partition coefficient (Wildman–Crippen LogP) is 4.01.